The number of carbonyl (C=O) groups is 2. The van der Waals surface area contributed by atoms with Crippen LogP contribution in [0.15, 0.2) is 46.2 Å². The minimum atomic E-state index is -0.328. The molecule has 0 spiro atoms. The fourth-order valence-electron chi connectivity index (χ4n) is 2.59. The summed E-state index contributed by atoms with van der Waals surface area (Å²) in [7, 11) is 0. The smallest absolute Gasteiger partial charge is 0.287 e. The second kappa shape index (κ2) is 9.62. The normalized spacial score (nSPS) is 10.7. The minimum absolute atomic E-state index is 0.168. The minimum Gasteiger partial charge on any atom is -0.459 e. The molecular weight excluding hydrogens is 414 g/mol. The van der Waals surface area contributed by atoms with Gasteiger partial charge in [0, 0.05) is 17.3 Å². The summed E-state index contributed by atoms with van der Waals surface area (Å²) >= 11 is 7.36. The SMILES string of the molecule is CCn1c(CNC(=O)c2ccco2)nnc1SCC(=O)Nc1cccc(Cl)c1C. The number of nitrogens with one attached hydrogen (secondary N) is 2. The van der Waals surface area contributed by atoms with Gasteiger partial charge in [-0.05, 0) is 43.7 Å². The fraction of sp³-hybridized carbons (Fsp3) is 0.263. The van der Waals surface area contributed by atoms with Crippen molar-refractivity contribution in [3.8, 4) is 0 Å². The summed E-state index contributed by atoms with van der Waals surface area (Å²) in [5.74, 6) is 0.504. The molecule has 0 aliphatic rings. The molecule has 3 rings (SSSR count). The Labute approximate surface area is 177 Å². The van der Waals surface area contributed by atoms with Crippen LogP contribution >= 0.6 is 23.4 Å². The predicted octanol–water partition coefficient (Wildman–Crippen LogP) is 3.51. The summed E-state index contributed by atoms with van der Waals surface area (Å²) in [5, 5.41) is 15.1. The van der Waals surface area contributed by atoms with E-state index in [-0.39, 0.29) is 29.9 Å². The summed E-state index contributed by atoms with van der Waals surface area (Å²) in [6.45, 7) is 4.61. The number of furan rings is 1. The summed E-state index contributed by atoms with van der Waals surface area (Å²) in [6, 6.07) is 8.60. The lowest BCUT2D eigenvalue weighted by Crippen LogP contribution is -2.24. The van der Waals surface area contributed by atoms with Crippen LogP contribution in [0, 0.1) is 6.92 Å². The summed E-state index contributed by atoms with van der Waals surface area (Å²) in [5.41, 5.74) is 1.50. The molecule has 0 aliphatic heterocycles. The molecule has 0 aliphatic carbocycles. The van der Waals surface area contributed by atoms with E-state index in [4.69, 9.17) is 16.0 Å². The average molecular weight is 434 g/mol. The molecule has 152 valence electrons. The van der Waals surface area contributed by atoms with Gasteiger partial charge in [-0.1, -0.05) is 29.4 Å². The third-order valence-corrected chi connectivity index (χ3v) is 5.51. The zero-order valence-electron chi connectivity index (χ0n) is 15.9. The third kappa shape index (κ3) is 5.18. The largest absolute Gasteiger partial charge is 0.459 e. The number of benzene rings is 1. The second-order valence-electron chi connectivity index (χ2n) is 6.05. The van der Waals surface area contributed by atoms with Gasteiger partial charge in [0.2, 0.25) is 5.91 Å². The van der Waals surface area contributed by atoms with Gasteiger partial charge in [-0.25, -0.2) is 0 Å². The maximum absolute atomic E-state index is 12.3. The van der Waals surface area contributed by atoms with E-state index in [1.54, 1.807) is 30.3 Å². The molecular formula is C19H20ClN5O3S. The highest BCUT2D eigenvalue weighted by Crippen LogP contribution is 2.24. The second-order valence-corrected chi connectivity index (χ2v) is 7.40. The Morgan fingerprint density at radius 2 is 2.07 bits per heavy atom. The summed E-state index contributed by atoms with van der Waals surface area (Å²) < 4.78 is 6.92. The molecule has 29 heavy (non-hydrogen) atoms. The number of rotatable bonds is 8. The van der Waals surface area contributed by atoms with Crippen LogP contribution in [0.3, 0.4) is 0 Å². The van der Waals surface area contributed by atoms with Crippen molar-refractivity contribution in [1.29, 1.82) is 0 Å². The van der Waals surface area contributed by atoms with Gasteiger partial charge in [0.15, 0.2) is 16.7 Å². The number of thioether (sulfide) groups is 1. The molecule has 0 saturated heterocycles. The molecule has 10 heteroatoms. The summed E-state index contributed by atoms with van der Waals surface area (Å²) in [6.07, 6.45) is 1.44. The summed E-state index contributed by atoms with van der Waals surface area (Å²) in [4.78, 5) is 24.3. The molecule has 0 saturated carbocycles. The van der Waals surface area contributed by atoms with E-state index in [0.29, 0.717) is 28.2 Å². The monoisotopic (exact) mass is 433 g/mol. The number of hydrogen-bond acceptors (Lipinski definition) is 6. The van der Waals surface area contributed by atoms with E-state index < -0.39 is 0 Å². The first-order valence-electron chi connectivity index (χ1n) is 8.91. The van der Waals surface area contributed by atoms with E-state index in [0.717, 1.165) is 5.56 Å². The van der Waals surface area contributed by atoms with Crippen LogP contribution in [0.1, 0.15) is 28.9 Å². The number of nitrogens with zero attached hydrogens (tertiary/aromatic N) is 3. The van der Waals surface area contributed by atoms with Crippen LogP contribution in [0.25, 0.3) is 0 Å². The van der Waals surface area contributed by atoms with Crippen molar-refractivity contribution in [2.24, 2.45) is 0 Å². The molecule has 3 aromatic rings. The third-order valence-electron chi connectivity index (χ3n) is 4.14. The van der Waals surface area contributed by atoms with Crippen LogP contribution in [0.2, 0.25) is 5.02 Å². The van der Waals surface area contributed by atoms with Crippen molar-refractivity contribution in [2.75, 3.05) is 11.1 Å². The van der Waals surface area contributed by atoms with Crippen LogP contribution in [-0.2, 0) is 17.9 Å². The number of hydrogen-bond donors (Lipinski definition) is 2. The van der Waals surface area contributed by atoms with Crippen molar-refractivity contribution < 1.29 is 14.0 Å². The zero-order chi connectivity index (χ0) is 20.8. The highest BCUT2D eigenvalue weighted by molar-refractivity contribution is 7.99. The Balaban J connectivity index is 1.57. The molecule has 2 N–H and O–H groups in total. The van der Waals surface area contributed by atoms with Crippen molar-refractivity contribution in [1.82, 2.24) is 20.1 Å². The molecule has 0 atom stereocenters. The highest BCUT2D eigenvalue weighted by atomic mass is 35.5. The average Bonchev–Trinajstić information content (AvgIpc) is 3.37. The number of halogens is 1. The van der Waals surface area contributed by atoms with Crippen LogP contribution in [-0.4, -0.2) is 32.3 Å². The maximum atomic E-state index is 12.3. The lowest BCUT2D eigenvalue weighted by atomic mass is 10.2. The van der Waals surface area contributed by atoms with E-state index >= 15 is 0 Å². The van der Waals surface area contributed by atoms with Gasteiger partial charge in [-0.2, -0.15) is 0 Å². The molecule has 2 aromatic heterocycles. The Morgan fingerprint density at radius 1 is 1.24 bits per heavy atom. The number of anilines is 1. The van der Waals surface area contributed by atoms with Gasteiger partial charge >= 0.3 is 0 Å². The van der Waals surface area contributed by atoms with Crippen LogP contribution in [0.4, 0.5) is 5.69 Å². The first-order chi connectivity index (χ1) is 14.0. The Hall–Kier alpha value is -2.78. The van der Waals surface area contributed by atoms with Gasteiger partial charge < -0.3 is 19.6 Å². The molecule has 0 bridgehead atoms. The van der Waals surface area contributed by atoms with E-state index in [1.807, 2.05) is 18.4 Å². The Morgan fingerprint density at radius 3 is 2.79 bits per heavy atom. The Kier molecular flexibility index (Phi) is 6.95. The first kappa shape index (κ1) is 20.9. The molecule has 0 radical (unpaired) electrons. The van der Waals surface area contributed by atoms with E-state index in [1.165, 1.54) is 18.0 Å². The van der Waals surface area contributed by atoms with Crippen LogP contribution < -0.4 is 10.6 Å². The predicted molar refractivity (Wildman–Crippen MR) is 111 cm³/mol. The maximum Gasteiger partial charge on any atom is 0.287 e. The first-order valence-corrected chi connectivity index (χ1v) is 10.3. The number of aromatic nitrogens is 3. The number of amides is 2. The van der Waals surface area contributed by atoms with Gasteiger partial charge in [0.1, 0.15) is 0 Å². The molecule has 0 fully saturated rings. The zero-order valence-corrected chi connectivity index (χ0v) is 17.5. The van der Waals surface area contributed by atoms with E-state index in [9.17, 15) is 9.59 Å². The van der Waals surface area contributed by atoms with Gasteiger partial charge in [0.25, 0.3) is 5.91 Å². The molecule has 8 nitrogen and oxygen atoms in total. The Bertz CT molecular complexity index is 1000. The molecule has 0 unspecified atom stereocenters. The number of carbonyl (C=O) groups excluding carboxylic acids is 2. The standard InChI is InChI=1S/C19H20ClN5O3S/c1-3-25-16(10-21-18(27)15-8-5-9-28-15)23-24-19(25)29-11-17(26)22-14-7-4-6-13(20)12(14)2/h4-9H,3,10-11H2,1-2H3,(H,21,27)(H,22,26). The highest BCUT2D eigenvalue weighted by Gasteiger charge is 2.15. The fourth-order valence-corrected chi connectivity index (χ4v) is 3.58. The van der Waals surface area contributed by atoms with Crippen molar-refractivity contribution in [3.05, 3.63) is 58.8 Å². The van der Waals surface area contributed by atoms with Crippen molar-refractivity contribution in [3.63, 3.8) is 0 Å². The molecule has 2 amide bonds. The quantitative estimate of drug-likeness (QED) is 0.527. The topological polar surface area (TPSA) is 102 Å². The van der Waals surface area contributed by atoms with Crippen LogP contribution in [0.5, 0.6) is 0 Å². The van der Waals surface area contributed by atoms with Crippen molar-refractivity contribution in [2.45, 2.75) is 32.1 Å². The van der Waals surface area contributed by atoms with Gasteiger partial charge in [0.05, 0.1) is 18.6 Å². The molecule has 2 heterocycles. The van der Waals surface area contributed by atoms with Crippen molar-refractivity contribution >= 4 is 40.9 Å². The molecule has 1 aromatic carbocycles. The van der Waals surface area contributed by atoms with Gasteiger partial charge in [-0.3, -0.25) is 9.59 Å². The van der Waals surface area contributed by atoms with Gasteiger partial charge in [-0.15, -0.1) is 10.2 Å². The van der Waals surface area contributed by atoms with E-state index in [2.05, 4.69) is 20.8 Å². The lowest BCUT2D eigenvalue weighted by molar-refractivity contribution is -0.113. The lowest BCUT2D eigenvalue weighted by Gasteiger charge is -2.10.